The first-order chi connectivity index (χ1) is 18.7. The maximum atomic E-state index is 13.2. The smallest absolute Gasteiger partial charge is 0.256 e. The number of nitriles is 1. The molecule has 2 fully saturated rings. The summed E-state index contributed by atoms with van der Waals surface area (Å²) in [5.41, 5.74) is 5.75. The number of carbonyl (C=O) groups is 1. The van der Waals surface area contributed by atoms with E-state index in [0.29, 0.717) is 22.6 Å². The Kier molecular flexibility index (Phi) is 5.73. The molecule has 3 aromatic rings. The van der Waals surface area contributed by atoms with Crippen LogP contribution >= 0.6 is 11.8 Å². The number of benzene rings is 2. The van der Waals surface area contributed by atoms with Gasteiger partial charge in [-0.3, -0.25) is 9.36 Å². The van der Waals surface area contributed by atoms with Crippen LogP contribution in [0.1, 0.15) is 30.1 Å². The molecule has 7 rings (SSSR count). The fourth-order valence-corrected chi connectivity index (χ4v) is 7.27. The van der Waals surface area contributed by atoms with Crippen LogP contribution in [0.2, 0.25) is 0 Å². The van der Waals surface area contributed by atoms with Crippen LogP contribution in [0, 0.1) is 11.3 Å². The Morgan fingerprint density at radius 1 is 1.11 bits per heavy atom. The number of aromatic nitrogens is 2. The first-order valence-corrected chi connectivity index (χ1v) is 14.4. The number of quaternary nitrogens is 1. The Bertz CT molecular complexity index is 1550. The number of thioether (sulfide) groups is 1. The lowest BCUT2D eigenvalue weighted by Crippen LogP contribution is -2.56. The van der Waals surface area contributed by atoms with Gasteiger partial charge in [-0.25, -0.2) is 4.98 Å². The van der Waals surface area contributed by atoms with E-state index in [2.05, 4.69) is 64.3 Å². The minimum atomic E-state index is 0.194. The van der Waals surface area contributed by atoms with Crippen LogP contribution in [0.4, 0.5) is 0 Å². The molecule has 0 unspecified atom stereocenters. The van der Waals surface area contributed by atoms with E-state index in [-0.39, 0.29) is 5.91 Å². The van der Waals surface area contributed by atoms with Crippen LogP contribution in [0.25, 0.3) is 16.7 Å². The van der Waals surface area contributed by atoms with Gasteiger partial charge in [0.05, 0.1) is 34.1 Å². The van der Waals surface area contributed by atoms with Crippen molar-refractivity contribution >= 4 is 28.7 Å². The van der Waals surface area contributed by atoms with Crippen LogP contribution in [-0.2, 0) is 4.79 Å². The van der Waals surface area contributed by atoms with Gasteiger partial charge in [0.1, 0.15) is 18.6 Å². The minimum absolute atomic E-state index is 0.194. The van der Waals surface area contributed by atoms with Crippen LogP contribution in [0.5, 0.6) is 0 Å². The first-order valence-electron chi connectivity index (χ1n) is 13.2. The van der Waals surface area contributed by atoms with E-state index in [1.54, 1.807) is 0 Å². The van der Waals surface area contributed by atoms with Gasteiger partial charge >= 0.3 is 0 Å². The number of fused-ring (bicyclic) bond motifs is 2. The molecule has 4 aliphatic heterocycles. The Labute approximate surface area is 226 Å². The van der Waals surface area contributed by atoms with Crippen LogP contribution in [-0.4, -0.2) is 67.8 Å². The molecule has 0 N–H and O–H groups in total. The van der Waals surface area contributed by atoms with Crippen LogP contribution in [0.3, 0.4) is 0 Å². The summed E-state index contributed by atoms with van der Waals surface area (Å²) in [6.07, 6.45) is 10.6. The van der Waals surface area contributed by atoms with Crippen molar-refractivity contribution in [3.63, 3.8) is 0 Å². The average molecular weight is 522 g/mol. The van der Waals surface area contributed by atoms with E-state index in [1.807, 2.05) is 40.9 Å². The van der Waals surface area contributed by atoms with Gasteiger partial charge < -0.3 is 4.90 Å². The van der Waals surface area contributed by atoms with Crippen molar-refractivity contribution < 1.29 is 9.39 Å². The number of rotatable bonds is 4. The monoisotopic (exact) mass is 521 g/mol. The molecule has 1 atom stereocenters. The highest BCUT2D eigenvalue weighted by Crippen LogP contribution is 2.41. The number of piperidine rings is 1. The molecule has 190 valence electrons. The Morgan fingerprint density at radius 2 is 1.95 bits per heavy atom. The summed E-state index contributed by atoms with van der Waals surface area (Å²) in [5, 5.41) is 11.9. The number of amides is 1. The van der Waals surface area contributed by atoms with Crippen LogP contribution in [0.15, 0.2) is 84.2 Å². The van der Waals surface area contributed by atoms with Gasteiger partial charge in [0, 0.05) is 49.1 Å². The fourth-order valence-electron chi connectivity index (χ4n) is 6.32. The Morgan fingerprint density at radius 3 is 2.71 bits per heavy atom. The number of nitrogens with zero attached hydrogens (tertiary/aromatic N) is 6. The molecule has 4 aliphatic rings. The third-order valence-electron chi connectivity index (χ3n) is 8.26. The normalized spacial score (nSPS) is 23.5. The summed E-state index contributed by atoms with van der Waals surface area (Å²) in [6.45, 7) is 3.39. The molecule has 2 saturated heterocycles. The summed E-state index contributed by atoms with van der Waals surface area (Å²) >= 11 is 1.83. The van der Waals surface area contributed by atoms with Gasteiger partial charge in [0.2, 0.25) is 0 Å². The zero-order valence-corrected chi connectivity index (χ0v) is 22.0. The van der Waals surface area contributed by atoms with E-state index < -0.39 is 0 Å². The summed E-state index contributed by atoms with van der Waals surface area (Å²) in [6, 6.07) is 18.4. The number of para-hydroxylation sites is 1. The maximum absolute atomic E-state index is 13.2. The van der Waals surface area contributed by atoms with Crippen molar-refractivity contribution in [2.24, 2.45) is 0 Å². The second-order valence-electron chi connectivity index (χ2n) is 10.4. The highest BCUT2D eigenvalue weighted by atomic mass is 32.2. The zero-order valence-electron chi connectivity index (χ0n) is 21.2. The predicted molar refractivity (Wildman–Crippen MR) is 149 cm³/mol. The minimum Gasteiger partial charge on any atom is -0.329 e. The summed E-state index contributed by atoms with van der Waals surface area (Å²) < 4.78 is 2.90. The van der Waals surface area contributed by atoms with Crippen molar-refractivity contribution in [1.82, 2.24) is 19.5 Å². The van der Waals surface area contributed by atoms with Gasteiger partial charge in [0.15, 0.2) is 5.70 Å². The molecule has 7 nitrogen and oxygen atoms in total. The van der Waals surface area contributed by atoms with Crippen molar-refractivity contribution in [2.75, 3.05) is 37.8 Å². The summed E-state index contributed by atoms with van der Waals surface area (Å²) in [5.74, 6) is 3.39. The first kappa shape index (κ1) is 23.5. The van der Waals surface area contributed by atoms with Gasteiger partial charge in [0.25, 0.3) is 5.91 Å². The second kappa shape index (κ2) is 9.28. The van der Waals surface area contributed by atoms with E-state index >= 15 is 0 Å². The van der Waals surface area contributed by atoms with Crippen molar-refractivity contribution in [3.8, 4) is 11.8 Å². The van der Waals surface area contributed by atoms with Gasteiger partial charge in [-0.05, 0) is 49.2 Å². The van der Waals surface area contributed by atoms with E-state index in [4.69, 9.17) is 4.98 Å². The standard InChI is InChI=1S/C30H29N6OS/c31-19-22-8-9-28-27(17-22)32-29(35(28)25-5-2-1-3-6-25)23-10-12-34(13-11-23)36-15-4-7-26(36)18-24(20-36)30(37)33-14-16-38-21-33/h1-9,15,17-18,23H,10-14,16,20-21H2/q+1/t36-/m1/s1. The summed E-state index contributed by atoms with van der Waals surface area (Å²) in [4.78, 5) is 20.2. The largest absolute Gasteiger partial charge is 0.329 e. The quantitative estimate of drug-likeness (QED) is 0.466. The average Bonchev–Trinajstić information content (AvgIpc) is 3.75. The molecule has 8 heteroatoms. The number of hydrogen-bond donors (Lipinski definition) is 0. The Balaban J connectivity index is 1.15. The molecular weight excluding hydrogens is 492 g/mol. The highest BCUT2D eigenvalue weighted by molar-refractivity contribution is 7.99. The molecule has 38 heavy (non-hydrogen) atoms. The number of allylic oxidation sites excluding steroid dienone is 3. The molecule has 0 spiro atoms. The molecule has 5 heterocycles. The van der Waals surface area contributed by atoms with E-state index in [1.165, 1.54) is 5.70 Å². The second-order valence-corrected chi connectivity index (χ2v) is 11.5. The third kappa shape index (κ3) is 3.73. The number of hydrogen-bond acceptors (Lipinski definition) is 5. The maximum Gasteiger partial charge on any atom is 0.256 e. The van der Waals surface area contributed by atoms with Crippen molar-refractivity contribution in [2.45, 2.75) is 18.8 Å². The van der Waals surface area contributed by atoms with Crippen molar-refractivity contribution in [3.05, 3.63) is 95.6 Å². The molecule has 0 radical (unpaired) electrons. The molecule has 1 aromatic heterocycles. The fraction of sp³-hybridized carbons (Fsp3) is 0.300. The molecule has 2 aromatic carbocycles. The lowest BCUT2D eigenvalue weighted by atomic mass is 9.96. The topological polar surface area (TPSA) is 65.2 Å². The number of carbonyl (C=O) groups excluding carboxylic acids is 1. The van der Waals surface area contributed by atoms with E-state index in [0.717, 1.165) is 72.2 Å². The van der Waals surface area contributed by atoms with E-state index in [9.17, 15) is 10.1 Å². The zero-order chi connectivity index (χ0) is 25.7. The van der Waals surface area contributed by atoms with Crippen molar-refractivity contribution in [1.29, 1.82) is 5.26 Å². The van der Waals surface area contributed by atoms with Crippen LogP contribution < -0.4 is 0 Å². The molecule has 0 bridgehead atoms. The van der Waals surface area contributed by atoms with Gasteiger partial charge in [-0.2, -0.15) is 9.85 Å². The molecule has 1 amide bonds. The lowest BCUT2D eigenvalue weighted by molar-refractivity contribution is -0.949. The third-order valence-corrected chi connectivity index (χ3v) is 9.23. The predicted octanol–water partition coefficient (Wildman–Crippen LogP) is 4.69. The number of imidazole rings is 1. The highest BCUT2D eigenvalue weighted by Gasteiger charge is 2.48. The Hall–Kier alpha value is -3.64. The van der Waals surface area contributed by atoms with Gasteiger partial charge in [-0.1, -0.05) is 18.2 Å². The molecule has 0 aliphatic carbocycles. The lowest BCUT2D eigenvalue weighted by Gasteiger charge is -2.42. The van der Waals surface area contributed by atoms with Gasteiger partial charge in [-0.15, -0.1) is 16.8 Å². The molecule has 0 saturated carbocycles. The molecular formula is C30H29N6OS+. The summed E-state index contributed by atoms with van der Waals surface area (Å²) in [7, 11) is 0. The SMILES string of the molecule is N#Cc1ccc2c(c1)nc(C1CCN([N@@+]34C=CC=C3C=C(C(=O)N3CCSC3)C4)CC1)n2-c1ccccc1.